The van der Waals surface area contributed by atoms with E-state index in [-0.39, 0.29) is 5.25 Å². The van der Waals surface area contributed by atoms with E-state index in [1.165, 1.54) is 0 Å². The van der Waals surface area contributed by atoms with E-state index in [4.69, 9.17) is 0 Å². The highest BCUT2D eigenvalue weighted by atomic mass is 32.2. The molecule has 1 atom stereocenters. The number of hydrogen-bond acceptors (Lipinski definition) is 4. The van der Waals surface area contributed by atoms with Crippen LogP contribution in [0.25, 0.3) is 0 Å². The first kappa shape index (κ1) is 12.5. The molecule has 3 N–H and O–H groups in total. The second-order valence-corrected chi connectivity index (χ2v) is 6.24. The van der Waals surface area contributed by atoms with Crippen molar-refractivity contribution >= 4 is 10.0 Å². The molecule has 0 aromatic carbocycles. The zero-order valence-corrected chi connectivity index (χ0v) is 10.5. The van der Waals surface area contributed by atoms with E-state index in [0.717, 1.165) is 25.2 Å². The SMILES string of the molecule is O=S(=O)(NCCc1ncc[nH]1)C1CCCNC1. The van der Waals surface area contributed by atoms with Gasteiger partial charge in [0.25, 0.3) is 0 Å². The molecule has 7 heteroatoms. The lowest BCUT2D eigenvalue weighted by Crippen LogP contribution is -2.44. The van der Waals surface area contributed by atoms with E-state index < -0.39 is 10.0 Å². The van der Waals surface area contributed by atoms with Gasteiger partial charge in [-0.2, -0.15) is 0 Å². The van der Waals surface area contributed by atoms with E-state index in [1.54, 1.807) is 12.4 Å². The van der Waals surface area contributed by atoms with E-state index in [1.807, 2.05) is 0 Å². The number of H-pyrrole nitrogens is 1. The molecule has 1 aromatic heterocycles. The van der Waals surface area contributed by atoms with Gasteiger partial charge < -0.3 is 10.3 Å². The van der Waals surface area contributed by atoms with E-state index in [9.17, 15) is 8.42 Å². The predicted octanol–water partition coefficient (Wildman–Crippen LogP) is -0.376. The van der Waals surface area contributed by atoms with Crippen LogP contribution in [0.5, 0.6) is 0 Å². The topological polar surface area (TPSA) is 86.9 Å². The highest BCUT2D eigenvalue weighted by Gasteiger charge is 2.26. The van der Waals surface area contributed by atoms with Gasteiger partial charge in [-0.3, -0.25) is 0 Å². The van der Waals surface area contributed by atoms with Crippen molar-refractivity contribution in [2.24, 2.45) is 0 Å². The number of nitrogens with zero attached hydrogens (tertiary/aromatic N) is 1. The second-order valence-electron chi connectivity index (χ2n) is 4.19. The average molecular weight is 258 g/mol. The number of aromatic amines is 1. The van der Waals surface area contributed by atoms with Crippen molar-refractivity contribution in [3.8, 4) is 0 Å². The van der Waals surface area contributed by atoms with Gasteiger partial charge >= 0.3 is 0 Å². The van der Waals surface area contributed by atoms with Crippen molar-refractivity contribution in [2.45, 2.75) is 24.5 Å². The minimum atomic E-state index is -3.19. The Labute approximate surface area is 101 Å². The molecule has 1 aromatic rings. The Morgan fingerprint density at radius 1 is 1.53 bits per heavy atom. The van der Waals surface area contributed by atoms with Crippen molar-refractivity contribution in [1.29, 1.82) is 0 Å². The second kappa shape index (κ2) is 5.61. The van der Waals surface area contributed by atoms with Crippen LogP contribution in [-0.2, 0) is 16.4 Å². The van der Waals surface area contributed by atoms with Gasteiger partial charge in [-0.1, -0.05) is 0 Å². The minimum Gasteiger partial charge on any atom is -0.349 e. The van der Waals surface area contributed by atoms with Crippen LogP contribution in [-0.4, -0.2) is 43.3 Å². The zero-order chi connectivity index (χ0) is 12.1. The van der Waals surface area contributed by atoms with Gasteiger partial charge in [0.15, 0.2) is 0 Å². The Kier molecular flexibility index (Phi) is 4.14. The quantitative estimate of drug-likeness (QED) is 0.672. The Morgan fingerprint density at radius 3 is 3.06 bits per heavy atom. The number of rotatable bonds is 5. The summed E-state index contributed by atoms with van der Waals surface area (Å²) in [6.45, 7) is 1.86. The molecule has 1 unspecified atom stereocenters. The van der Waals surface area contributed by atoms with Gasteiger partial charge in [0.2, 0.25) is 10.0 Å². The normalized spacial score (nSPS) is 21.5. The molecule has 2 heterocycles. The third kappa shape index (κ3) is 3.52. The van der Waals surface area contributed by atoms with Crippen LogP contribution in [0.1, 0.15) is 18.7 Å². The summed E-state index contributed by atoms with van der Waals surface area (Å²) >= 11 is 0. The zero-order valence-electron chi connectivity index (χ0n) is 9.65. The summed E-state index contributed by atoms with van der Waals surface area (Å²) in [6.07, 6.45) is 5.64. The van der Waals surface area contributed by atoms with E-state index in [2.05, 4.69) is 20.0 Å². The third-order valence-corrected chi connectivity index (χ3v) is 4.80. The van der Waals surface area contributed by atoms with E-state index >= 15 is 0 Å². The first-order valence-corrected chi connectivity index (χ1v) is 7.40. The summed E-state index contributed by atoms with van der Waals surface area (Å²) in [5.74, 6) is 0.800. The summed E-state index contributed by atoms with van der Waals surface area (Å²) in [6, 6.07) is 0. The molecule has 0 bridgehead atoms. The highest BCUT2D eigenvalue weighted by Crippen LogP contribution is 2.10. The molecule has 1 aliphatic heterocycles. The fraction of sp³-hybridized carbons (Fsp3) is 0.700. The van der Waals surface area contributed by atoms with E-state index in [0.29, 0.717) is 19.5 Å². The van der Waals surface area contributed by atoms with Gasteiger partial charge in [0.1, 0.15) is 5.82 Å². The molecule has 0 amide bonds. The van der Waals surface area contributed by atoms with Crippen LogP contribution in [0.3, 0.4) is 0 Å². The third-order valence-electron chi connectivity index (χ3n) is 2.91. The van der Waals surface area contributed by atoms with Crippen molar-refractivity contribution in [1.82, 2.24) is 20.0 Å². The molecule has 0 radical (unpaired) electrons. The minimum absolute atomic E-state index is 0.298. The molecule has 0 aliphatic carbocycles. The molecule has 17 heavy (non-hydrogen) atoms. The first-order valence-electron chi connectivity index (χ1n) is 5.86. The lowest BCUT2D eigenvalue weighted by molar-refractivity contribution is 0.490. The van der Waals surface area contributed by atoms with Crippen LogP contribution in [0, 0.1) is 0 Å². The number of imidazole rings is 1. The molecule has 2 rings (SSSR count). The molecule has 96 valence electrons. The summed E-state index contributed by atoms with van der Waals surface area (Å²) < 4.78 is 26.5. The fourth-order valence-electron chi connectivity index (χ4n) is 1.95. The number of nitrogens with one attached hydrogen (secondary N) is 3. The van der Waals surface area contributed by atoms with Gasteiger partial charge in [0.05, 0.1) is 5.25 Å². The largest absolute Gasteiger partial charge is 0.349 e. The van der Waals surface area contributed by atoms with Gasteiger partial charge in [0, 0.05) is 31.9 Å². The molecular weight excluding hydrogens is 240 g/mol. The standard InChI is InChI=1S/C10H18N4O2S/c15-17(16,9-2-1-4-11-8-9)14-5-3-10-12-6-7-13-10/h6-7,9,11,14H,1-5,8H2,(H,12,13). The van der Waals surface area contributed by atoms with Crippen LogP contribution >= 0.6 is 0 Å². The molecule has 1 aliphatic rings. The van der Waals surface area contributed by atoms with Crippen molar-refractivity contribution in [3.63, 3.8) is 0 Å². The lowest BCUT2D eigenvalue weighted by atomic mass is 10.2. The van der Waals surface area contributed by atoms with Gasteiger partial charge in [-0.15, -0.1) is 0 Å². The van der Waals surface area contributed by atoms with Crippen LogP contribution in [0.2, 0.25) is 0 Å². The number of hydrogen-bond donors (Lipinski definition) is 3. The maximum Gasteiger partial charge on any atom is 0.215 e. The van der Waals surface area contributed by atoms with Crippen LogP contribution in [0.15, 0.2) is 12.4 Å². The monoisotopic (exact) mass is 258 g/mol. The number of aromatic nitrogens is 2. The summed E-state index contributed by atoms with van der Waals surface area (Å²) in [4.78, 5) is 6.99. The van der Waals surface area contributed by atoms with Gasteiger partial charge in [-0.25, -0.2) is 18.1 Å². The molecule has 6 nitrogen and oxygen atoms in total. The summed E-state index contributed by atoms with van der Waals surface area (Å²) in [5.41, 5.74) is 0. The van der Waals surface area contributed by atoms with Crippen molar-refractivity contribution in [2.75, 3.05) is 19.6 Å². The maximum atomic E-state index is 11.9. The Bertz CT molecular complexity index is 423. The molecular formula is C10H18N4O2S. The number of piperidine rings is 1. The summed E-state index contributed by atoms with van der Waals surface area (Å²) in [5, 5.41) is 2.81. The fourth-order valence-corrected chi connectivity index (χ4v) is 3.39. The van der Waals surface area contributed by atoms with Gasteiger partial charge in [-0.05, 0) is 19.4 Å². The van der Waals surface area contributed by atoms with Crippen LogP contribution < -0.4 is 10.0 Å². The van der Waals surface area contributed by atoms with Crippen molar-refractivity contribution < 1.29 is 8.42 Å². The lowest BCUT2D eigenvalue weighted by Gasteiger charge is -2.22. The Balaban J connectivity index is 1.80. The van der Waals surface area contributed by atoms with Crippen LogP contribution in [0.4, 0.5) is 0 Å². The molecule has 1 fully saturated rings. The molecule has 0 saturated carbocycles. The first-order chi connectivity index (χ1) is 8.18. The summed E-state index contributed by atoms with van der Waals surface area (Å²) in [7, 11) is -3.19. The Morgan fingerprint density at radius 2 is 2.41 bits per heavy atom. The molecule has 0 spiro atoms. The molecule has 1 saturated heterocycles. The maximum absolute atomic E-state index is 11.9. The predicted molar refractivity (Wildman–Crippen MR) is 65.1 cm³/mol. The smallest absolute Gasteiger partial charge is 0.215 e. The Hall–Kier alpha value is -0.920. The van der Waals surface area contributed by atoms with Crippen molar-refractivity contribution in [3.05, 3.63) is 18.2 Å². The number of sulfonamides is 1. The highest BCUT2D eigenvalue weighted by molar-refractivity contribution is 7.90. The average Bonchev–Trinajstić information content (AvgIpc) is 2.83.